The molecule has 0 aliphatic carbocycles. The highest BCUT2D eigenvalue weighted by atomic mass is 32.1. The van der Waals surface area contributed by atoms with Gasteiger partial charge in [-0.2, -0.15) is 0 Å². The van der Waals surface area contributed by atoms with Crippen molar-refractivity contribution in [1.82, 2.24) is 10.3 Å². The van der Waals surface area contributed by atoms with Gasteiger partial charge in [0.1, 0.15) is 0 Å². The Kier molecular flexibility index (Phi) is 4.50. The Balaban J connectivity index is 1.92. The van der Waals surface area contributed by atoms with Crippen LogP contribution in [0.25, 0.3) is 0 Å². The maximum absolute atomic E-state index is 4.46. The van der Waals surface area contributed by atoms with Crippen LogP contribution in [0.3, 0.4) is 0 Å². The third-order valence-corrected chi connectivity index (χ3v) is 3.97. The highest BCUT2D eigenvalue weighted by Crippen LogP contribution is 2.15. The maximum atomic E-state index is 4.46. The van der Waals surface area contributed by atoms with Gasteiger partial charge in [0.15, 0.2) is 0 Å². The molecule has 1 aromatic heterocycles. The molecule has 0 saturated carbocycles. The van der Waals surface area contributed by atoms with Gasteiger partial charge in [0.25, 0.3) is 0 Å². The number of nitrogens with zero attached hydrogens (tertiary/aromatic N) is 1. The van der Waals surface area contributed by atoms with Gasteiger partial charge in [-0.1, -0.05) is 31.2 Å². The van der Waals surface area contributed by atoms with Crippen molar-refractivity contribution in [2.24, 2.45) is 0 Å². The number of benzene rings is 1. The van der Waals surface area contributed by atoms with E-state index in [0.29, 0.717) is 6.04 Å². The van der Waals surface area contributed by atoms with E-state index < -0.39 is 0 Å². The molecular formula is C15H20N2S. The smallest absolute Gasteiger partial charge is 0.0897 e. The van der Waals surface area contributed by atoms with Crippen molar-refractivity contribution in [2.75, 3.05) is 0 Å². The van der Waals surface area contributed by atoms with Crippen molar-refractivity contribution < 1.29 is 0 Å². The van der Waals surface area contributed by atoms with Crippen LogP contribution in [-0.4, -0.2) is 4.98 Å². The normalized spacial score (nSPS) is 12.6. The minimum atomic E-state index is 0.359. The van der Waals surface area contributed by atoms with Gasteiger partial charge in [-0.3, -0.25) is 0 Å². The first-order valence-corrected chi connectivity index (χ1v) is 7.30. The van der Waals surface area contributed by atoms with Gasteiger partial charge in [-0.05, 0) is 31.4 Å². The molecule has 96 valence electrons. The van der Waals surface area contributed by atoms with E-state index >= 15 is 0 Å². The lowest BCUT2D eigenvalue weighted by molar-refractivity contribution is 0.568. The molecule has 1 atom stereocenters. The summed E-state index contributed by atoms with van der Waals surface area (Å²) in [6.07, 6.45) is 1.10. The van der Waals surface area contributed by atoms with E-state index in [0.717, 1.165) is 23.7 Å². The number of hydrogen-bond acceptors (Lipinski definition) is 3. The number of hydrogen-bond donors (Lipinski definition) is 1. The van der Waals surface area contributed by atoms with Crippen molar-refractivity contribution in [1.29, 1.82) is 0 Å². The zero-order valence-corrected chi connectivity index (χ0v) is 12.1. The average molecular weight is 260 g/mol. The summed E-state index contributed by atoms with van der Waals surface area (Å²) in [6, 6.07) is 9.20. The Morgan fingerprint density at radius 1 is 1.28 bits per heavy atom. The Morgan fingerprint density at radius 3 is 2.56 bits per heavy atom. The molecule has 2 aromatic rings. The molecule has 0 fully saturated rings. The predicted octanol–water partition coefficient (Wildman–Crippen LogP) is 3.86. The molecule has 0 radical (unpaired) electrons. The molecule has 3 heteroatoms. The van der Waals surface area contributed by atoms with Crippen molar-refractivity contribution in [3.05, 3.63) is 51.5 Å². The molecular weight excluding hydrogens is 240 g/mol. The maximum Gasteiger partial charge on any atom is 0.0897 e. The van der Waals surface area contributed by atoms with Gasteiger partial charge in [0.05, 0.1) is 10.7 Å². The molecule has 0 bridgehead atoms. The van der Waals surface area contributed by atoms with Crippen LogP contribution >= 0.6 is 11.3 Å². The highest BCUT2D eigenvalue weighted by molar-refractivity contribution is 7.09. The molecule has 0 aliphatic heterocycles. The highest BCUT2D eigenvalue weighted by Gasteiger charge is 2.05. The van der Waals surface area contributed by atoms with Crippen LogP contribution < -0.4 is 5.32 Å². The van der Waals surface area contributed by atoms with E-state index in [4.69, 9.17) is 0 Å². The first kappa shape index (κ1) is 13.2. The molecule has 1 N–H and O–H groups in total. The quantitative estimate of drug-likeness (QED) is 0.883. The lowest BCUT2D eigenvalue weighted by atomic mass is 10.1. The van der Waals surface area contributed by atoms with Crippen LogP contribution in [0.2, 0.25) is 0 Å². The number of aromatic nitrogens is 1. The van der Waals surface area contributed by atoms with E-state index in [-0.39, 0.29) is 0 Å². The van der Waals surface area contributed by atoms with Gasteiger partial charge < -0.3 is 5.32 Å². The topological polar surface area (TPSA) is 24.9 Å². The third kappa shape index (κ3) is 3.40. The standard InChI is InChI=1S/C15H20N2S/c1-4-13-5-7-14(8-6-13)11(2)16-9-15-10-18-12(3)17-15/h5-8,10-11,16H,4,9H2,1-3H3. The summed E-state index contributed by atoms with van der Waals surface area (Å²) < 4.78 is 0. The summed E-state index contributed by atoms with van der Waals surface area (Å²) in [6.45, 7) is 7.25. The minimum absolute atomic E-state index is 0.359. The summed E-state index contributed by atoms with van der Waals surface area (Å²) in [5.41, 5.74) is 3.86. The van der Waals surface area contributed by atoms with E-state index in [2.05, 4.69) is 53.8 Å². The Hall–Kier alpha value is -1.19. The fourth-order valence-electron chi connectivity index (χ4n) is 1.91. The van der Waals surface area contributed by atoms with Crippen LogP contribution in [0.15, 0.2) is 29.6 Å². The molecule has 0 aliphatic rings. The van der Waals surface area contributed by atoms with Gasteiger partial charge in [-0.25, -0.2) is 4.98 Å². The van der Waals surface area contributed by atoms with E-state index in [9.17, 15) is 0 Å². The second-order valence-corrected chi connectivity index (χ2v) is 5.62. The van der Waals surface area contributed by atoms with E-state index in [1.165, 1.54) is 11.1 Å². The van der Waals surface area contributed by atoms with Crippen molar-refractivity contribution in [3.63, 3.8) is 0 Å². The fraction of sp³-hybridized carbons (Fsp3) is 0.400. The van der Waals surface area contributed by atoms with Crippen LogP contribution in [0.1, 0.15) is 41.7 Å². The lowest BCUT2D eigenvalue weighted by Crippen LogP contribution is -2.18. The SMILES string of the molecule is CCc1ccc(C(C)NCc2csc(C)n2)cc1. The number of aryl methyl sites for hydroxylation is 2. The summed E-state index contributed by atoms with van der Waals surface area (Å²) in [5, 5.41) is 6.76. The molecule has 0 amide bonds. The molecule has 1 unspecified atom stereocenters. The van der Waals surface area contributed by atoms with Crippen LogP contribution in [0.4, 0.5) is 0 Å². The molecule has 18 heavy (non-hydrogen) atoms. The Labute approximate surface area is 113 Å². The lowest BCUT2D eigenvalue weighted by Gasteiger charge is -2.13. The van der Waals surface area contributed by atoms with Gasteiger partial charge in [0, 0.05) is 18.0 Å². The van der Waals surface area contributed by atoms with Crippen molar-refractivity contribution in [2.45, 2.75) is 39.8 Å². The molecule has 0 spiro atoms. The largest absolute Gasteiger partial charge is 0.305 e. The first-order chi connectivity index (χ1) is 8.69. The second kappa shape index (κ2) is 6.12. The Morgan fingerprint density at radius 2 is 2.00 bits per heavy atom. The van der Waals surface area contributed by atoms with Crippen LogP contribution in [0.5, 0.6) is 0 Å². The second-order valence-electron chi connectivity index (χ2n) is 4.56. The molecule has 1 aromatic carbocycles. The molecule has 2 rings (SSSR count). The minimum Gasteiger partial charge on any atom is -0.305 e. The summed E-state index contributed by atoms with van der Waals surface area (Å²) in [7, 11) is 0. The van der Waals surface area contributed by atoms with E-state index in [1.807, 2.05) is 6.92 Å². The summed E-state index contributed by atoms with van der Waals surface area (Å²) in [4.78, 5) is 4.46. The summed E-state index contributed by atoms with van der Waals surface area (Å²) >= 11 is 1.71. The third-order valence-electron chi connectivity index (χ3n) is 3.14. The molecule has 0 saturated heterocycles. The zero-order valence-electron chi connectivity index (χ0n) is 11.2. The number of nitrogens with one attached hydrogen (secondary N) is 1. The summed E-state index contributed by atoms with van der Waals surface area (Å²) in [5.74, 6) is 0. The number of thiazole rings is 1. The Bertz CT molecular complexity index is 487. The average Bonchev–Trinajstić information content (AvgIpc) is 2.82. The van der Waals surface area contributed by atoms with Gasteiger partial charge >= 0.3 is 0 Å². The van der Waals surface area contributed by atoms with Crippen molar-refractivity contribution in [3.8, 4) is 0 Å². The monoisotopic (exact) mass is 260 g/mol. The van der Waals surface area contributed by atoms with Gasteiger partial charge in [-0.15, -0.1) is 11.3 Å². The van der Waals surface area contributed by atoms with Crippen LogP contribution in [-0.2, 0) is 13.0 Å². The molecule has 2 nitrogen and oxygen atoms in total. The first-order valence-electron chi connectivity index (χ1n) is 6.42. The van der Waals surface area contributed by atoms with Crippen molar-refractivity contribution >= 4 is 11.3 Å². The van der Waals surface area contributed by atoms with Gasteiger partial charge in [0.2, 0.25) is 0 Å². The number of rotatable bonds is 5. The van der Waals surface area contributed by atoms with E-state index in [1.54, 1.807) is 11.3 Å². The predicted molar refractivity (Wildman–Crippen MR) is 77.9 cm³/mol. The zero-order chi connectivity index (χ0) is 13.0. The van der Waals surface area contributed by atoms with Crippen LogP contribution in [0, 0.1) is 6.92 Å². The fourth-order valence-corrected chi connectivity index (χ4v) is 2.52. The molecule has 1 heterocycles.